The Bertz CT molecular complexity index is 584. The van der Waals surface area contributed by atoms with Gasteiger partial charge >= 0.3 is 0 Å². The summed E-state index contributed by atoms with van der Waals surface area (Å²) in [4.78, 5) is 0. The lowest BCUT2D eigenvalue weighted by Crippen LogP contribution is -2.21. The molecule has 94 valence electrons. The highest BCUT2D eigenvalue weighted by molar-refractivity contribution is 5.41. The Labute approximate surface area is 106 Å². The van der Waals surface area contributed by atoms with Gasteiger partial charge in [-0.25, -0.2) is 4.39 Å². The number of halogens is 1. The Morgan fingerprint density at radius 2 is 2.11 bits per heavy atom. The number of aryl methyl sites for hydroxylation is 1. The second kappa shape index (κ2) is 3.94. The van der Waals surface area contributed by atoms with E-state index in [4.69, 9.17) is 0 Å². The van der Waals surface area contributed by atoms with Crippen molar-refractivity contribution >= 4 is 0 Å². The summed E-state index contributed by atoms with van der Waals surface area (Å²) in [6.07, 6.45) is 3.36. The first-order valence-corrected chi connectivity index (χ1v) is 6.41. The molecule has 1 aromatic heterocycles. The Balaban J connectivity index is 2.09. The van der Waals surface area contributed by atoms with Crippen molar-refractivity contribution in [2.45, 2.75) is 38.5 Å². The van der Waals surface area contributed by atoms with Gasteiger partial charge in [0, 0.05) is 11.1 Å². The van der Waals surface area contributed by atoms with E-state index in [-0.39, 0.29) is 11.2 Å². The number of rotatable bonds is 2. The maximum Gasteiger partial charge on any atom is 0.123 e. The van der Waals surface area contributed by atoms with Crippen LogP contribution in [0.2, 0.25) is 0 Å². The van der Waals surface area contributed by atoms with Gasteiger partial charge < -0.3 is 0 Å². The van der Waals surface area contributed by atoms with Crippen molar-refractivity contribution in [1.29, 1.82) is 0 Å². The molecule has 3 rings (SSSR count). The first kappa shape index (κ1) is 11.5. The van der Waals surface area contributed by atoms with Crippen LogP contribution in [0.4, 0.5) is 4.39 Å². The summed E-state index contributed by atoms with van der Waals surface area (Å²) >= 11 is 0. The van der Waals surface area contributed by atoms with Crippen LogP contribution in [0.3, 0.4) is 0 Å². The molecule has 0 saturated heterocycles. The van der Waals surface area contributed by atoms with Gasteiger partial charge in [-0.3, -0.25) is 5.10 Å². The maximum atomic E-state index is 13.4. The van der Waals surface area contributed by atoms with Crippen molar-refractivity contribution in [1.82, 2.24) is 10.2 Å². The molecule has 0 aliphatic heterocycles. The number of aromatic nitrogens is 2. The lowest BCUT2D eigenvalue weighted by molar-refractivity contribution is 0.583. The monoisotopic (exact) mass is 244 g/mol. The molecule has 0 bridgehead atoms. The number of fused-ring (bicyclic) bond motifs is 1. The maximum absolute atomic E-state index is 13.4. The minimum absolute atomic E-state index is 0.187. The number of H-pyrrole nitrogens is 1. The van der Waals surface area contributed by atoms with Crippen molar-refractivity contribution < 1.29 is 4.39 Å². The van der Waals surface area contributed by atoms with E-state index >= 15 is 0 Å². The Morgan fingerprint density at radius 1 is 1.28 bits per heavy atom. The fraction of sp³-hybridized carbons (Fsp3) is 0.400. The van der Waals surface area contributed by atoms with Crippen LogP contribution in [0.1, 0.15) is 42.8 Å². The van der Waals surface area contributed by atoms with Gasteiger partial charge in [0.2, 0.25) is 0 Å². The zero-order valence-corrected chi connectivity index (χ0v) is 10.8. The number of nitrogens with one attached hydrogen (secondary N) is 1. The first-order chi connectivity index (χ1) is 8.59. The van der Waals surface area contributed by atoms with E-state index in [0.717, 1.165) is 24.1 Å². The van der Waals surface area contributed by atoms with E-state index in [2.05, 4.69) is 24.0 Å². The van der Waals surface area contributed by atoms with Gasteiger partial charge in [-0.15, -0.1) is 0 Å². The molecule has 1 N–H and O–H groups in total. The number of benzene rings is 1. The quantitative estimate of drug-likeness (QED) is 0.862. The molecule has 1 heterocycles. The van der Waals surface area contributed by atoms with Gasteiger partial charge in [-0.1, -0.05) is 26.0 Å². The lowest BCUT2D eigenvalue weighted by Gasteiger charge is -2.24. The molecule has 0 atom stereocenters. The van der Waals surface area contributed by atoms with Crippen molar-refractivity contribution in [2.24, 2.45) is 0 Å². The largest absolute Gasteiger partial charge is 0.282 e. The number of nitrogens with zero attached hydrogens (tertiary/aromatic N) is 1. The van der Waals surface area contributed by atoms with E-state index in [1.54, 1.807) is 12.1 Å². The SMILES string of the molecule is CC(C)(c1cccc(F)c1)c1n[nH]c2c1CCC2. The highest BCUT2D eigenvalue weighted by Gasteiger charge is 2.31. The topological polar surface area (TPSA) is 28.7 Å². The molecule has 1 aromatic carbocycles. The van der Waals surface area contributed by atoms with E-state index in [1.165, 1.54) is 23.7 Å². The van der Waals surface area contributed by atoms with Crippen molar-refractivity contribution in [3.8, 4) is 0 Å². The summed E-state index contributed by atoms with van der Waals surface area (Å²) in [5.74, 6) is -0.187. The second-order valence-electron chi connectivity index (χ2n) is 5.52. The molecule has 1 aliphatic rings. The standard InChI is InChI=1S/C15H17FN2/c1-15(2,10-5-3-6-11(16)9-10)14-12-7-4-8-13(12)17-18-14/h3,5-6,9H,4,7-8H2,1-2H3,(H,17,18). The fourth-order valence-electron chi connectivity index (χ4n) is 2.85. The van der Waals surface area contributed by atoms with E-state index in [0.29, 0.717) is 0 Å². The molecule has 0 amide bonds. The summed E-state index contributed by atoms with van der Waals surface area (Å²) in [6.45, 7) is 4.22. The van der Waals surface area contributed by atoms with Gasteiger partial charge in [0.05, 0.1) is 5.69 Å². The van der Waals surface area contributed by atoms with Gasteiger partial charge in [0.25, 0.3) is 0 Å². The van der Waals surface area contributed by atoms with Crippen LogP contribution in [-0.4, -0.2) is 10.2 Å². The zero-order valence-electron chi connectivity index (χ0n) is 10.8. The first-order valence-electron chi connectivity index (χ1n) is 6.41. The molecular weight excluding hydrogens is 227 g/mol. The third-order valence-electron chi connectivity index (χ3n) is 3.94. The van der Waals surface area contributed by atoms with Crippen LogP contribution in [0, 0.1) is 5.82 Å². The van der Waals surface area contributed by atoms with Gasteiger partial charge in [0.1, 0.15) is 5.82 Å². The predicted octanol–water partition coefficient (Wildman–Crippen LogP) is 3.36. The van der Waals surface area contributed by atoms with Gasteiger partial charge in [-0.05, 0) is 42.5 Å². The predicted molar refractivity (Wildman–Crippen MR) is 69.1 cm³/mol. The molecule has 3 heteroatoms. The van der Waals surface area contributed by atoms with Crippen LogP contribution in [-0.2, 0) is 18.3 Å². The fourth-order valence-corrected chi connectivity index (χ4v) is 2.85. The summed E-state index contributed by atoms with van der Waals surface area (Å²) < 4.78 is 13.4. The number of hydrogen-bond donors (Lipinski definition) is 1. The lowest BCUT2D eigenvalue weighted by atomic mass is 9.79. The molecular formula is C15H17FN2. The third-order valence-corrected chi connectivity index (χ3v) is 3.94. The normalized spacial score (nSPS) is 14.8. The Hall–Kier alpha value is -1.64. The summed E-state index contributed by atoms with van der Waals surface area (Å²) in [5, 5.41) is 7.60. The molecule has 0 fully saturated rings. The summed E-state index contributed by atoms with van der Waals surface area (Å²) in [6, 6.07) is 6.82. The smallest absolute Gasteiger partial charge is 0.123 e. The average Bonchev–Trinajstić information content (AvgIpc) is 2.90. The molecule has 0 spiro atoms. The summed E-state index contributed by atoms with van der Waals surface area (Å²) in [5.41, 5.74) is 4.39. The minimum atomic E-state index is -0.253. The molecule has 1 aliphatic carbocycles. The van der Waals surface area contributed by atoms with E-state index in [1.807, 2.05) is 6.07 Å². The van der Waals surface area contributed by atoms with E-state index < -0.39 is 0 Å². The Kier molecular flexibility index (Phi) is 2.51. The zero-order chi connectivity index (χ0) is 12.8. The van der Waals surface area contributed by atoms with Crippen molar-refractivity contribution in [3.63, 3.8) is 0 Å². The van der Waals surface area contributed by atoms with E-state index in [9.17, 15) is 4.39 Å². The second-order valence-corrected chi connectivity index (χ2v) is 5.52. The van der Waals surface area contributed by atoms with Crippen LogP contribution in [0.15, 0.2) is 24.3 Å². The average molecular weight is 244 g/mol. The molecule has 2 nitrogen and oxygen atoms in total. The highest BCUT2D eigenvalue weighted by atomic mass is 19.1. The number of aromatic amines is 1. The van der Waals surface area contributed by atoms with Gasteiger partial charge in [0.15, 0.2) is 0 Å². The van der Waals surface area contributed by atoms with Crippen molar-refractivity contribution in [2.75, 3.05) is 0 Å². The van der Waals surface area contributed by atoms with Crippen molar-refractivity contribution in [3.05, 3.63) is 52.6 Å². The minimum Gasteiger partial charge on any atom is -0.282 e. The highest BCUT2D eigenvalue weighted by Crippen LogP contribution is 2.36. The summed E-state index contributed by atoms with van der Waals surface area (Å²) in [7, 11) is 0. The Morgan fingerprint density at radius 3 is 2.89 bits per heavy atom. The number of hydrogen-bond acceptors (Lipinski definition) is 1. The molecule has 0 radical (unpaired) electrons. The van der Waals surface area contributed by atoms with Gasteiger partial charge in [-0.2, -0.15) is 5.10 Å². The molecule has 18 heavy (non-hydrogen) atoms. The molecule has 0 saturated carbocycles. The van der Waals surface area contributed by atoms with Crippen LogP contribution < -0.4 is 0 Å². The van der Waals surface area contributed by atoms with Crippen LogP contribution in [0.5, 0.6) is 0 Å². The third kappa shape index (κ3) is 1.65. The molecule has 0 unspecified atom stereocenters. The van der Waals surface area contributed by atoms with Crippen LogP contribution >= 0.6 is 0 Å². The van der Waals surface area contributed by atoms with Crippen LogP contribution in [0.25, 0.3) is 0 Å². The molecule has 2 aromatic rings.